The molecule has 0 unspecified atom stereocenters. The molecule has 4 aromatic rings. The first-order chi connectivity index (χ1) is 12.8. The standard InChI is InChI=1S/C17H11N5O3S/c23-15(10-4-5-13-14(7-10)25-9-24-13)19-12-3-1-2-11(6-12)16-21-22-8-18-20-17(22)26-16/h1-8H,9H2,(H,19,23). The van der Waals surface area contributed by atoms with E-state index in [9.17, 15) is 4.79 Å². The van der Waals surface area contributed by atoms with Crippen molar-refractivity contribution in [1.82, 2.24) is 19.8 Å². The molecule has 0 spiro atoms. The minimum absolute atomic E-state index is 0.176. The zero-order valence-electron chi connectivity index (χ0n) is 13.2. The number of hydrogen-bond acceptors (Lipinski definition) is 7. The minimum atomic E-state index is -0.224. The van der Waals surface area contributed by atoms with Crippen LogP contribution >= 0.6 is 11.3 Å². The number of rotatable bonds is 3. The quantitative estimate of drug-likeness (QED) is 0.600. The minimum Gasteiger partial charge on any atom is -0.454 e. The Bertz CT molecular complexity index is 1110. The van der Waals surface area contributed by atoms with Crippen LogP contribution in [0.5, 0.6) is 11.5 Å². The number of ether oxygens (including phenoxy) is 2. The highest BCUT2D eigenvalue weighted by Gasteiger charge is 2.16. The number of nitrogens with one attached hydrogen (secondary N) is 1. The molecule has 0 saturated heterocycles. The molecule has 5 rings (SSSR count). The Balaban J connectivity index is 1.40. The van der Waals surface area contributed by atoms with Gasteiger partial charge < -0.3 is 14.8 Å². The van der Waals surface area contributed by atoms with Crippen LogP contribution in [0.3, 0.4) is 0 Å². The highest BCUT2D eigenvalue weighted by molar-refractivity contribution is 7.19. The predicted molar refractivity (Wildman–Crippen MR) is 94.6 cm³/mol. The zero-order valence-corrected chi connectivity index (χ0v) is 14.1. The summed E-state index contributed by atoms with van der Waals surface area (Å²) in [6.45, 7) is 0.176. The van der Waals surface area contributed by atoms with Gasteiger partial charge in [0, 0.05) is 16.8 Å². The second-order valence-corrected chi connectivity index (χ2v) is 6.52. The Hall–Kier alpha value is -3.46. The number of carbonyl (C=O) groups is 1. The van der Waals surface area contributed by atoms with Gasteiger partial charge in [-0.2, -0.15) is 9.61 Å². The lowest BCUT2D eigenvalue weighted by Crippen LogP contribution is -2.11. The molecular formula is C17H11N5O3S. The monoisotopic (exact) mass is 365 g/mol. The first kappa shape index (κ1) is 14.8. The van der Waals surface area contributed by atoms with Crippen molar-refractivity contribution in [1.29, 1.82) is 0 Å². The van der Waals surface area contributed by atoms with Crippen LogP contribution in [-0.4, -0.2) is 32.5 Å². The molecule has 0 atom stereocenters. The van der Waals surface area contributed by atoms with E-state index in [0.717, 1.165) is 15.5 Å². The van der Waals surface area contributed by atoms with Gasteiger partial charge in [-0.1, -0.05) is 23.5 Å². The van der Waals surface area contributed by atoms with E-state index in [4.69, 9.17) is 9.47 Å². The fraction of sp³-hybridized carbons (Fsp3) is 0.0588. The normalized spacial score (nSPS) is 12.5. The van der Waals surface area contributed by atoms with E-state index in [2.05, 4.69) is 20.6 Å². The summed E-state index contributed by atoms with van der Waals surface area (Å²) in [5, 5.41) is 15.9. The lowest BCUT2D eigenvalue weighted by atomic mass is 10.1. The van der Waals surface area contributed by atoms with Crippen molar-refractivity contribution in [2.75, 3.05) is 12.1 Å². The third kappa shape index (κ3) is 2.54. The van der Waals surface area contributed by atoms with Crippen LogP contribution in [0.25, 0.3) is 15.5 Å². The summed E-state index contributed by atoms with van der Waals surface area (Å²) in [6.07, 6.45) is 1.56. The SMILES string of the molecule is O=C(Nc1cccc(-c2nn3cnnc3s2)c1)c1ccc2c(c1)OCO2. The number of nitrogens with zero attached hydrogens (tertiary/aromatic N) is 4. The molecule has 1 amide bonds. The maximum absolute atomic E-state index is 12.5. The number of anilines is 1. The molecule has 2 aromatic heterocycles. The molecular weight excluding hydrogens is 354 g/mol. The Morgan fingerprint density at radius 2 is 2.08 bits per heavy atom. The Morgan fingerprint density at radius 3 is 3.00 bits per heavy atom. The number of hydrogen-bond donors (Lipinski definition) is 1. The highest BCUT2D eigenvalue weighted by atomic mass is 32.1. The van der Waals surface area contributed by atoms with Gasteiger partial charge in [-0.25, -0.2) is 0 Å². The Morgan fingerprint density at radius 1 is 1.15 bits per heavy atom. The van der Waals surface area contributed by atoms with Gasteiger partial charge in [0.1, 0.15) is 11.3 Å². The fourth-order valence-electron chi connectivity index (χ4n) is 2.65. The van der Waals surface area contributed by atoms with Crippen molar-refractivity contribution in [3.05, 3.63) is 54.4 Å². The van der Waals surface area contributed by atoms with Crippen LogP contribution < -0.4 is 14.8 Å². The van der Waals surface area contributed by atoms with Gasteiger partial charge in [0.25, 0.3) is 5.91 Å². The van der Waals surface area contributed by atoms with Crippen LogP contribution in [0.1, 0.15) is 10.4 Å². The number of carbonyl (C=O) groups excluding carboxylic acids is 1. The van der Waals surface area contributed by atoms with Gasteiger partial charge in [-0.05, 0) is 30.3 Å². The van der Waals surface area contributed by atoms with Gasteiger partial charge in [0.2, 0.25) is 11.8 Å². The summed E-state index contributed by atoms with van der Waals surface area (Å²) in [5.41, 5.74) is 2.07. The molecule has 0 saturated carbocycles. The summed E-state index contributed by atoms with van der Waals surface area (Å²) in [7, 11) is 0. The van der Waals surface area contributed by atoms with Gasteiger partial charge in [-0.3, -0.25) is 4.79 Å². The molecule has 2 aromatic carbocycles. The van der Waals surface area contributed by atoms with Crippen molar-refractivity contribution in [3.63, 3.8) is 0 Å². The van der Waals surface area contributed by atoms with E-state index >= 15 is 0 Å². The molecule has 8 nitrogen and oxygen atoms in total. The largest absolute Gasteiger partial charge is 0.454 e. The topological polar surface area (TPSA) is 90.6 Å². The summed E-state index contributed by atoms with van der Waals surface area (Å²) in [6, 6.07) is 12.6. The maximum Gasteiger partial charge on any atom is 0.255 e. The Labute approximate surface area is 151 Å². The summed E-state index contributed by atoms with van der Waals surface area (Å²) < 4.78 is 12.2. The maximum atomic E-state index is 12.5. The van der Waals surface area contributed by atoms with E-state index < -0.39 is 0 Å². The molecule has 0 bridgehead atoms. The first-order valence-corrected chi connectivity index (χ1v) is 8.56. The molecule has 1 N–H and O–H groups in total. The number of aromatic nitrogens is 4. The lowest BCUT2D eigenvalue weighted by molar-refractivity contribution is 0.102. The van der Waals surface area contributed by atoms with Crippen molar-refractivity contribution in [2.24, 2.45) is 0 Å². The molecule has 1 aliphatic rings. The van der Waals surface area contributed by atoms with Gasteiger partial charge in [-0.15, -0.1) is 10.2 Å². The first-order valence-electron chi connectivity index (χ1n) is 7.74. The summed E-state index contributed by atoms with van der Waals surface area (Å²) in [4.78, 5) is 13.2. The predicted octanol–water partition coefficient (Wildman–Crippen LogP) is 2.83. The number of amides is 1. The summed E-state index contributed by atoms with van der Waals surface area (Å²) >= 11 is 1.43. The number of benzene rings is 2. The highest BCUT2D eigenvalue weighted by Crippen LogP contribution is 2.33. The van der Waals surface area contributed by atoms with Crippen LogP contribution in [0.15, 0.2) is 48.8 Å². The summed E-state index contributed by atoms with van der Waals surface area (Å²) in [5.74, 6) is 0.997. The van der Waals surface area contributed by atoms with Crippen LogP contribution in [0, 0.1) is 0 Å². The van der Waals surface area contributed by atoms with Crippen LogP contribution in [0.4, 0.5) is 5.69 Å². The average Bonchev–Trinajstić information content (AvgIpc) is 3.36. The Kier molecular flexibility index (Phi) is 3.32. The second-order valence-electron chi connectivity index (χ2n) is 5.57. The fourth-order valence-corrected chi connectivity index (χ4v) is 3.46. The van der Waals surface area contributed by atoms with Crippen LogP contribution in [-0.2, 0) is 0 Å². The van der Waals surface area contributed by atoms with E-state index in [1.807, 2.05) is 24.3 Å². The molecule has 1 aliphatic heterocycles. The molecule has 128 valence electrons. The lowest BCUT2D eigenvalue weighted by Gasteiger charge is -2.07. The van der Waals surface area contributed by atoms with E-state index in [1.165, 1.54) is 11.3 Å². The van der Waals surface area contributed by atoms with Crippen molar-refractivity contribution in [2.45, 2.75) is 0 Å². The van der Waals surface area contributed by atoms with Crippen molar-refractivity contribution in [3.8, 4) is 22.1 Å². The third-order valence-electron chi connectivity index (χ3n) is 3.89. The number of fused-ring (bicyclic) bond motifs is 2. The van der Waals surface area contributed by atoms with Gasteiger partial charge in [0.15, 0.2) is 11.5 Å². The second kappa shape index (κ2) is 5.81. The third-order valence-corrected chi connectivity index (χ3v) is 4.85. The van der Waals surface area contributed by atoms with Gasteiger partial charge >= 0.3 is 0 Å². The molecule has 0 aliphatic carbocycles. The average molecular weight is 365 g/mol. The molecule has 9 heteroatoms. The molecule has 26 heavy (non-hydrogen) atoms. The molecule has 0 radical (unpaired) electrons. The van der Waals surface area contributed by atoms with Crippen molar-refractivity contribution >= 4 is 27.9 Å². The van der Waals surface area contributed by atoms with Crippen molar-refractivity contribution < 1.29 is 14.3 Å². The smallest absolute Gasteiger partial charge is 0.255 e. The molecule has 3 heterocycles. The van der Waals surface area contributed by atoms with E-state index in [-0.39, 0.29) is 12.7 Å². The zero-order chi connectivity index (χ0) is 17.5. The van der Waals surface area contributed by atoms with E-state index in [0.29, 0.717) is 22.7 Å². The van der Waals surface area contributed by atoms with Crippen LogP contribution in [0.2, 0.25) is 0 Å². The van der Waals surface area contributed by atoms with E-state index in [1.54, 1.807) is 29.0 Å². The van der Waals surface area contributed by atoms with Gasteiger partial charge in [0.05, 0.1) is 0 Å². The molecule has 0 fully saturated rings.